The predicted octanol–water partition coefficient (Wildman–Crippen LogP) is 5.25. The summed E-state index contributed by atoms with van der Waals surface area (Å²) in [6.45, 7) is 5.29. The highest BCUT2D eigenvalue weighted by atomic mass is 35.5. The molecule has 25 heavy (non-hydrogen) atoms. The molecule has 0 fully saturated rings. The van der Waals surface area contributed by atoms with Crippen LogP contribution in [0.3, 0.4) is 0 Å². The molecule has 1 aromatic carbocycles. The van der Waals surface area contributed by atoms with Gasteiger partial charge in [-0.2, -0.15) is 5.10 Å². The van der Waals surface area contributed by atoms with Crippen molar-refractivity contribution in [3.63, 3.8) is 0 Å². The van der Waals surface area contributed by atoms with Crippen molar-refractivity contribution in [2.75, 3.05) is 0 Å². The first-order chi connectivity index (χ1) is 11.3. The van der Waals surface area contributed by atoms with E-state index in [0.29, 0.717) is 12.4 Å². The number of hydrogen-bond donors (Lipinski definition) is 0. The number of alkyl halides is 1. The number of hydrogen-bond acceptors (Lipinski definition) is 2. The van der Waals surface area contributed by atoms with E-state index in [1.807, 2.05) is 6.92 Å². The molecule has 0 spiro atoms. The van der Waals surface area contributed by atoms with Gasteiger partial charge in [-0.05, 0) is 38.5 Å². The standard InChI is InChI=1S/C18H23F3N2O.ClH/c1-4-5-15-11-17(23(22-15)9-8-18(2,3)21)24-12-13-10-14(19)6-7-16(13)20;/h6-7,10-11H,4-5,8-9,12H2,1-3H3;1H. The lowest BCUT2D eigenvalue weighted by Gasteiger charge is -2.15. The summed E-state index contributed by atoms with van der Waals surface area (Å²) in [5, 5.41) is 4.41. The van der Waals surface area contributed by atoms with Crippen molar-refractivity contribution in [1.29, 1.82) is 0 Å². The maximum absolute atomic E-state index is 13.7. The van der Waals surface area contributed by atoms with Crippen molar-refractivity contribution < 1.29 is 17.9 Å². The summed E-state index contributed by atoms with van der Waals surface area (Å²) in [4.78, 5) is 0. The van der Waals surface area contributed by atoms with Crippen LogP contribution in [0.4, 0.5) is 13.2 Å². The first-order valence-corrected chi connectivity index (χ1v) is 8.11. The van der Waals surface area contributed by atoms with Gasteiger partial charge < -0.3 is 4.74 Å². The van der Waals surface area contributed by atoms with Gasteiger partial charge in [0.2, 0.25) is 5.88 Å². The summed E-state index contributed by atoms with van der Waals surface area (Å²) in [6, 6.07) is 5.00. The molecule has 0 amide bonds. The van der Waals surface area contributed by atoms with Crippen LogP contribution in [0.15, 0.2) is 24.3 Å². The third-order valence-corrected chi connectivity index (χ3v) is 3.60. The topological polar surface area (TPSA) is 27.1 Å². The minimum Gasteiger partial charge on any atom is -0.473 e. The van der Waals surface area contributed by atoms with Gasteiger partial charge >= 0.3 is 0 Å². The van der Waals surface area contributed by atoms with Gasteiger partial charge in [-0.25, -0.2) is 17.9 Å². The van der Waals surface area contributed by atoms with Crippen LogP contribution in [-0.4, -0.2) is 15.4 Å². The molecular formula is C18H24ClF3N2O. The molecule has 0 aliphatic heterocycles. The molecule has 0 saturated heterocycles. The van der Waals surface area contributed by atoms with Gasteiger partial charge in [-0.3, -0.25) is 0 Å². The lowest BCUT2D eigenvalue weighted by molar-refractivity contribution is 0.183. The maximum atomic E-state index is 13.7. The molecule has 0 unspecified atom stereocenters. The number of benzene rings is 1. The Kier molecular flexibility index (Phi) is 7.80. The Balaban J connectivity index is 0.00000312. The fourth-order valence-electron chi connectivity index (χ4n) is 2.28. The average Bonchev–Trinajstić information content (AvgIpc) is 2.88. The average molecular weight is 377 g/mol. The van der Waals surface area contributed by atoms with Crippen LogP contribution in [0.5, 0.6) is 5.88 Å². The van der Waals surface area contributed by atoms with E-state index in [0.717, 1.165) is 36.7 Å². The second-order valence-corrected chi connectivity index (χ2v) is 6.44. The van der Waals surface area contributed by atoms with Crippen molar-refractivity contribution in [3.8, 4) is 5.88 Å². The predicted molar refractivity (Wildman–Crippen MR) is 94.0 cm³/mol. The van der Waals surface area contributed by atoms with Crippen molar-refractivity contribution >= 4 is 12.4 Å². The summed E-state index contributed by atoms with van der Waals surface area (Å²) in [5.41, 5.74) is -0.350. The van der Waals surface area contributed by atoms with Gasteiger partial charge in [0.25, 0.3) is 0 Å². The van der Waals surface area contributed by atoms with Crippen LogP contribution in [0.2, 0.25) is 0 Å². The Labute approximate surface area is 152 Å². The minimum atomic E-state index is -1.32. The zero-order valence-electron chi connectivity index (χ0n) is 14.7. The Hall–Kier alpha value is -1.69. The van der Waals surface area contributed by atoms with Gasteiger partial charge in [0.15, 0.2) is 0 Å². The SMILES string of the molecule is CCCc1cc(OCc2cc(F)ccc2F)n(CCC(C)(C)F)n1.Cl. The fraction of sp³-hybridized carbons (Fsp3) is 0.500. The van der Waals surface area contributed by atoms with Crippen molar-refractivity contribution in [2.24, 2.45) is 0 Å². The molecular weight excluding hydrogens is 353 g/mol. The van der Waals surface area contributed by atoms with E-state index in [4.69, 9.17) is 4.74 Å². The zero-order chi connectivity index (χ0) is 17.7. The highest BCUT2D eigenvalue weighted by Crippen LogP contribution is 2.21. The van der Waals surface area contributed by atoms with E-state index in [2.05, 4.69) is 5.10 Å². The third kappa shape index (κ3) is 6.61. The molecule has 0 bridgehead atoms. The quantitative estimate of drug-likeness (QED) is 0.629. The van der Waals surface area contributed by atoms with E-state index >= 15 is 0 Å². The van der Waals surface area contributed by atoms with Crippen LogP contribution in [0, 0.1) is 11.6 Å². The van der Waals surface area contributed by atoms with E-state index in [1.54, 1.807) is 10.7 Å². The monoisotopic (exact) mass is 376 g/mol. The Morgan fingerprint density at radius 3 is 2.56 bits per heavy atom. The largest absolute Gasteiger partial charge is 0.473 e. The first kappa shape index (κ1) is 21.4. The van der Waals surface area contributed by atoms with E-state index in [9.17, 15) is 13.2 Å². The molecule has 0 radical (unpaired) electrons. The number of rotatable bonds is 8. The molecule has 3 nitrogen and oxygen atoms in total. The molecule has 1 heterocycles. The first-order valence-electron chi connectivity index (χ1n) is 8.11. The summed E-state index contributed by atoms with van der Waals surface area (Å²) < 4.78 is 47.9. The van der Waals surface area contributed by atoms with Gasteiger partial charge in [0, 0.05) is 24.6 Å². The number of aromatic nitrogens is 2. The van der Waals surface area contributed by atoms with Crippen LogP contribution >= 0.6 is 12.4 Å². The molecule has 140 valence electrons. The lowest BCUT2D eigenvalue weighted by atomic mass is 10.1. The minimum absolute atomic E-state index is 0. The van der Waals surface area contributed by atoms with Gasteiger partial charge in [-0.1, -0.05) is 13.3 Å². The van der Waals surface area contributed by atoms with E-state index < -0.39 is 17.3 Å². The van der Waals surface area contributed by atoms with Crippen molar-refractivity contribution in [2.45, 2.75) is 58.9 Å². The van der Waals surface area contributed by atoms with Crippen LogP contribution in [0.1, 0.15) is 44.9 Å². The molecule has 0 aliphatic carbocycles. The maximum Gasteiger partial charge on any atom is 0.212 e. The number of aryl methyl sites for hydroxylation is 2. The summed E-state index contributed by atoms with van der Waals surface area (Å²) in [7, 11) is 0. The fourth-order valence-corrected chi connectivity index (χ4v) is 2.28. The Morgan fingerprint density at radius 1 is 1.20 bits per heavy atom. The van der Waals surface area contributed by atoms with Crippen LogP contribution in [0.25, 0.3) is 0 Å². The summed E-state index contributed by atoms with van der Waals surface area (Å²) in [5.74, 6) is -0.609. The molecule has 7 heteroatoms. The number of ether oxygens (including phenoxy) is 1. The van der Waals surface area contributed by atoms with Gasteiger partial charge in [0.05, 0.1) is 5.69 Å². The highest BCUT2D eigenvalue weighted by Gasteiger charge is 2.18. The number of nitrogens with zero attached hydrogens (tertiary/aromatic N) is 2. The Morgan fingerprint density at radius 2 is 1.92 bits per heavy atom. The second kappa shape index (κ2) is 9.13. The Bertz CT molecular complexity index is 683. The van der Waals surface area contributed by atoms with Crippen LogP contribution < -0.4 is 4.74 Å². The highest BCUT2D eigenvalue weighted by molar-refractivity contribution is 5.85. The van der Waals surface area contributed by atoms with Crippen molar-refractivity contribution in [1.82, 2.24) is 9.78 Å². The normalized spacial score (nSPS) is 11.3. The van der Waals surface area contributed by atoms with Gasteiger partial charge in [-0.15, -0.1) is 12.4 Å². The smallest absolute Gasteiger partial charge is 0.212 e. The second-order valence-electron chi connectivity index (χ2n) is 6.44. The molecule has 0 atom stereocenters. The van der Waals surface area contributed by atoms with E-state index in [-0.39, 0.29) is 31.0 Å². The van der Waals surface area contributed by atoms with Crippen LogP contribution in [-0.2, 0) is 19.6 Å². The molecule has 0 N–H and O–H groups in total. The molecule has 2 aromatic rings. The molecule has 0 saturated carbocycles. The van der Waals surface area contributed by atoms with E-state index in [1.165, 1.54) is 13.8 Å². The lowest BCUT2D eigenvalue weighted by Crippen LogP contribution is -2.17. The summed E-state index contributed by atoms with van der Waals surface area (Å²) >= 11 is 0. The molecule has 0 aliphatic rings. The van der Waals surface area contributed by atoms with Crippen molar-refractivity contribution in [3.05, 3.63) is 47.2 Å². The third-order valence-electron chi connectivity index (χ3n) is 3.60. The van der Waals surface area contributed by atoms with Gasteiger partial charge in [0.1, 0.15) is 23.9 Å². The number of halogens is 4. The summed E-state index contributed by atoms with van der Waals surface area (Å²) in [6.07, 6.45) is 1.98. The molecule has 2 rings (SSSR count). The molecule has 1 aromatic heterocycles. The zero-order valence-corrected chi connectivity index (χ0v) is 15.5.